The van der Waals surface area contributed by atoms with Crippen LogP contribution in [0.1, 0.15) is 30.9 Å². The van der Waals surface area contributed by atoms with Gasteiger partial charge in [-0.15, -0.1) is 12.4 Å². The van der Waals surface area contributed by atoms with E-state index in [0.29, 0.717) is 5.56 Å². The van der Waals surface area contributed by atoms with E-state index in [-0.39, 0.29) is 35.5 Å². The molecule has 5 nitrogen and oxygen atoms in total. The molecule has 98 valence electrons. The van der Waals surface area contributed by atoms with Crippen molar-refractivity contribution in [3.05, 3.63) is 23.3 Å². The van der Waals surface area contributed by atoms with Crippen LogP contribution in [0.15, 0.2) is 17.0 Å². The lowest BCUT2D eigenvalue weighted by molar-refractivity contribution is 0.451. The zero-order valence-corrected chi connectivity index (χ0v) is 11.3. The van der Waals surface area contributed by atoms with Gasteiger partial charge in [0.05, 0.1) is 0 Å². The summed E-state index contributed by atoms with van der Waals surface area (Å²) in [5.74, 6) is -0.221. The molecule has 0 radical (unpaired) electrons. The van der Waals surface area contributed by atoms with E-state index in [4.69, 9.17) is 10.9 Å². The van der Waals surface area contributed by atoms with Gasteiger partial charge in [-0.2, -0.15) is 0 Å². The smallest absolute Gasteiger partial charge is 0.241 e. The van der Waals surface area contributed by atoms with Crippen LogP contribution >= 0.6 is 12.4 Å². The Bertz CT molecular complexity index is 501. The summed E-state index contributed by atoms with van der Waals surface area (Å²) in [5.41, 5.74) is 6.60. The molecule has 0 aromatic heterocycles. The van der Waals surface area contributed by atoms with Crippen molar-refractivity contribution in [2.75, 3.05) is 0 Å². The van der Waals surface area contributed by atoms with Gasteiger partial charge >= 0.3 is 0 Å². The van der Waals surface area contributed by atoms with E-state index in [9.17, 15) is 13.5 Å². The predicted molar refractivity (Wildman–Crippen MR) is 68.7 cm³/mol. The minimum atomic E-state index is -3.93. The lowest BCUT2D eigenvalue weighted by atomic mass is 10.0. The van der Waals surface area contributed by atoms with Gasteiger partial charge < -0.3 is 10.8 Å². The molecule has 0 saturated carbocycles. The Kier molecular flexibility index (Phi) is 5.41. The lowest BCUT2D eigenvalue weighted by Crippen LogP contribution is -2.14. The SMILES string of the molecule is CC(C)c1cc(CN)c(O)c(S(N)(=O)=O)c1.Cl. The lowest BCUT2D eigenvalue weighted by Gasteiger charge is -2.12. The van der Waals surface area contributed by atoms with Crippen LogP contribution in [0.25, 0.3) is 0 Å². The summed E-state index contributed by atoms with van der Waals surface area (Å²) in [6, 6.07) is 3.07. The molecule has 0 amide bonds. The molecular weight excluding hydrogens is 264 g/mol. The molecule has 0 aliphatic rings. The Hall–Kier alpha value is -0.820. The zero-order valence-electron chi connectivity index (χ0n) is 9.67. The number of aromatic hydroxyl groups is 1. The number of phenolic OH excluding ortho intramolecular Hbond substituents is 1. The Labute approximate surface area is 107 Å². The molecule has 1 aromatic rings. The van der Waals surface area contributed by atoms with Gasteiger partial charge in [0, 0.05) is 12.1 Å². The quantitative estimate of drug-likeness (QED) is 0.769. The van der Waals surface area contributed by atoms with Crippen molar-refractivity contribution in [1.82, 2.24) is 0 Å². The maximum absolute atomic E-state index is 11.3. The first kappa shape index (κ1) is 16.2. The Morgan fingerprint density at radius 2 is 1.88 bits per heavy atom. The summed E-state index contributed by atoms with van der Waals surface area (Å²) in [5, 5.41) is 14.7. The first-order valence-electron chi connectivity index (χ1n) is 4.86. The first-order chi connectivity index (χ1) is 7.27. The van der Waals surface area contributed by atoms with E-state index in [2.05, 4.69) is 0 Å². The van der Waals surface area contributed by atoms with Crippen LogP contribution < -0.4 is 10.9 Å². The highest BCUT2D eigenvalue weighted by atomic mass is 35.5. The van der Waals surface area contributed by atoms with Gasteiger partial charge in [-0.1, -0.05) is 19.9 Å². The van der Waals surface area contributed by atoms with Crippen molar-refractivity contribution in [3.63, 3.8) is 0 Å². The van der Waals surface area contributed by atoms with Crippen LogP contribution in [0.4, 0.5) is 0 Å². The first-order valence-corrected chi connectivity index (χ1v) is 6.40. The van der Waals surface area contributed by atoms with Crippen LogP contribution in [0.2, 0.25) is 0 Å². The fourth-order valence-electron chi connectivity index (χ4n) is 1.40. The summed E-state index contributed by atoms with van der Waals surface area (Å²) in [6.45, 7) is 3.90. The molecule has 0 spiro atoms. The van der Waals surface area contributed by atoms with Gasteiger partial charge in [-0.3, -0.25) is 0 Å². The molecule has 0 atom stereocenters. The molecule has 1 aromatic carbocycles. The van der Waals surface area contributed by atoms with Gasteiger partial charge in [-0.05, 0) is 17.5 Å². The van der Waals surface area contributed by atoms with Crippen LogP contribution in [0, 0.1) is 0 Å². The molecule has 17 heavy (non-hydrogen) atoms. The Morgan fingerprint density at radius 3 is 2.24 bits per heavy atom. The number of nitrogens with two attached hydrogens (primary N) is 2. The van der Waals surface area contributed by atoms with E-state index in [1.807, 2.05) is 13.8 Å². The fourth-order valence-corrected chi connectivity index (χ4v) is 2.10. The number of hydrogen-bond donors (Lipinski definition) is 3. The fraction of sp³-hybridized carbons (Fsp3) is 0.400. The second kappa shape index (κ2) is 5.68. The van der Waals surface area contributed by atoms with Crippen molar-refractivity contribution in [3.8, 4) is 5.75 Å². The third kappa shape index (κ3) is 3.57. The highest BCUT2D eigenvalue weighted by Crippen LogP contribution is 2.30. The molecule has 0 saturated heterocycles. The average Bonchev–Trinajstić information content (AvgIpc) is 2.15. The summed E-state index contributed by atoms with van der Waals surface area (Å²) < 4.78 is 22.5. The number of halogens is 1. The predicted octanol–water partition coefficient (Wildman–Crippen LogP) is 1.04. The molecule has 0 heterocycles. The van der Waals surface area contributed by atoms with E-state index < -0.39 is 10.0 Å². The summed E-state index contributed by atoms with van der Waals surface area (Å²) in [4.78, 5) is -0.265. The zero-order chi connectivity index (χ0) is 12.5. The molecule has 0 unspecified atom stereocenters. The molecule has 1 rings (SSSR count). The van der Waals surface area contributed by atoms with E-state index in [1.165, 1.54) is 6.07 Å². The van der Waals surface area contributed by atoms with Crippen LogP contribution in [-0.2, 0) is 16.6 Å². The van der Waals surface area contributed by atoms with E-state index in [1.54, 1.807) is 6.07 Å². The van der Waals surface area contributed by atoms with Crippen LogP contribution in [-0.4, -0.2) is 13.5 Å². The minimum absolute atomic E-state index is 0. The molecule has 0 aliphatic heterocycles. The molecular formula is C10H17ClN2O3S. The number of benzene rings is 1. The molecule has 5 N–H and O–H groups in total. The highest BCUT2D eigenvalue weighted by Gasteiger charge is 2.18. The largest absolute Gasteiger partial charge is 0.506 e. The Balaban J connectivity index is 0.00000256. The second-order valence-corrected chi connectivity index (χ2v) is 5.46. The van der Waals surface area contributed by atoms with Crippen molar-refractivity contribution in [2.45, 2.75) is 31.2 Å². The number of primary sulfonamides is 1. The van der Waals surface area contributed by atoms with Crippen molar-refractivity contribution < 1.29 is 13.5 Å². The third-order valence-corrected chi connectivity index (χ3v) is 3.29. The third-order valence-electron chi connectivity index (χ3n) is 2.37. The number of phenols is 1. The molecule has 0 bridgehead atoms. The monoisotopic (exact) mass is 280 g/mol. The van der Waals surface area contributed by atoms with Gasteiger partial charge in [-0.25, -0.2) is 13.6 Å². The minimum Gasteiger partial charge on any atom is -0.506 e. The summed E-state index contributed by atoms with van der Waals surface area (Å²) in [7, 11) is -3.93. The second-order valence-electron chi connectivity index (χ2n) is 3.93. The molecule has 0 aliphatic carbocycles. The van der Waals surface area contributed by atoms with E-state index in [0.717, 1.165) is 5.56 Å². The topological polar surface area (TPSA) is 106 Å². The van der Waals surface area contributed by atoms with Gasteiger partial charge in [0.2, 0.25) is 10.0 Å². The summed E-state index contributed by atoms with van der Waals surface area (Å²) in [6.07, 6.45) is 0. The normalized spacial score (nSPS) is 11.4. The van der Waals surface area contributed by atoms with E-state index >= 15 is 0 Å². The number of rotatable bonds is 3. The van der Waals surface area contributed by atoms with Gasteiger partial charge in [0.1, 0.15) is 10.6 Å². The maximum atomic E-state index is 11.3. The van der Waals surface area contributed by atoms with Crippen molar-refractivity contribution >= 4 is 22.4 Å². The van der Waals surface area contributed by atoms with Gasteiger partial charge in [0.15, 0.2) is 0 Å². The molecule has 7 heteroatoms. The standard InChI is InChI=1S/C10H16N2O3S.ClH/c1-6(2)7-3-8(5-11)10(13)9(4-7)16(12,14)15;/h3-4,6,13H,5,11H2,1-2H3,(H2,12,14,15);1H. The van der Waals surface area contributed by atoms with Crippen LogP contribution in [0.5, 0.6) is 5.75 Å². The maximum Gasteiger partial charge on any atom is 0.241 e. The average molecular weight is 281 g/mol. The number of sulfonamides is 1. The summed E-state index contributed by atoms with van der Waals surface area (Å²) >= 11 is 0. The van der Waals surface area contributed by atoms with Gasteiger partial charge in [0.25, 0.3) is 0 Å². The Morgan fingerprint density at radius 1 is 1.35 bits per heavy atom. The molecule has 0 fully saturated rings. The van der Waals surface area contributed by atoms with Crippen molar-refractivity contribution in [2.24, 2.45) is 10.9 Å². The van der Waals surface area contributed by atoms with Crippen molar-refractivity contribution in [1.29, 1.82) is 0 Å². The highest BCUT2D eigenvalue weighted by molar-refractivity contribution is 7.89. The van der Waals surface area contributed by atoms with Crippen LogP contribution in [0.3, 0.4) is 0 Å². The number of hydrogen-bond acceptors (Lipinski definition) is 4.